The van der Waals surface area contributed by atoms with Gasteiger partial charge < -0.3 is 10.6 Å². The summed E-state index contributed by atoms with van der Waals surface area (Å²) in [5.41, 5.74) is 6.63. The fraction of sp³-hybridized carbons (Fsp3) is 0.417. The Balaban J connectivity index is 1.79. The quantitative estimate of drug-likeness (QED) is 0.804. The number of piperidine rings is 1. The van der Waals surface area contributed by atoms with E-state index in [9.17, 15) is 4.79 Å². The van der Waals surface area contributed by atoms with Crippen LogP contribution in [0.1, 0.15) is 16.8 Å². The lowest BCUT2D eigenvalue weighted by atomic mass is 10.2. The molecule has 0 unspecified atom stereocenters. The molecule has 1 amide bonds. The summed E-state index contributed by atoms with van der Waals surface area (Å²) < 4.78 is 0. The van der Waals surface area contributed by atoms with Crippen LogP contribution in [0.3, 0.4) is 0 Å². The SMILES string of the molecule is N[C@]12C[C@H]1CN(C(=O)c1cccc(Cl)c1)C2. The van der Waals surface area contributed by atoms with E-state index in [4.69, 9.17) is 17.3 Å². The molecule has 0 aromatic heterocycles. The van der Waals surface area contributed by atoms with Crippen molar-refractivity contribution >= 4 is 17.5 Å². The molecule has 1 aliphatic carbocycles. The molecule has 16 heavy (non-hydrogen) atoms. The summed E-state index contributed by atoms with van der Waals surface area (Å²) in [5, 5.41) is 0.595. The van der Waals surface area contributed by atoms with Gasteiger partial charge in [-0.15, -0.1) is 0 Å². The summed E-state index contributed by atoms with van der Waals surface area (Å²) in [4.78, 5) is 14.0. The molecule has 4 heteroatoms. The van der Waals surface area contributed by atoms with Crippen LogP contribution in [0.25, 0.3) is 0 Å². The smallest absolute Gasteiger partial charge is 0.253 e. The van der Waals surface area contributed by atoms with Crippen molar-refractivity contribution in [3.63, 3.8) is 0 Å². The van der Waals surface area contributed by atoms with E-state index in [-0.39, 0.29) is 11.4 Å². The van der Waals surface area contributed by atoms with Crippen LogP contribution < -0.4 is 5.73 Å². The van der Waals surface area contributed by atoms with E-state index in [1.54, 1.807) is 24.3 Å². The Labute approximate surface area is 99.2 Å². The number of hydrogen-bond acceptors (Lipinski definition) is 2. The van der Waals surface area contributed by atoms with Gasteiger partial charge in [0.15, 0.2) is 0 Å². The molecule has 1 saturated carbocycles. The van der Waals surface area contributed by atoms with Crippen molar-refractivity contribution in [2.45, 2.75) is 12.0 Å². The summed E-state index contributed by atoms with van der Waals surface area (Å²) in [6, 6.07) is 7.06. The van der Waals surface area contributed by atoms with E-state index in [0.29, 0.717) is 23.0 Å². The Morgan fingerprint density at radius 3 is 3.00 bits per heavy atom. The molecule has 84 valence electrons. The molecule has 2 atom stereocenters. The van der Waals surface area contributed by atoms with Crippen molar-refractivity contribution in [2.24, 2.45) is 11.7 Å². The molecule has 1 aliphatic heterocycles. The van der Waals surface area contributed by atoms with Crippen molar-refractivity contribution in [1.29, 1.82) is 0 Å². The highest BCUT2D eigenvalue weighted by Gasteiger charge is 2.58. The second-order valence-electron chi connectivity index (χ2n) is 4.83. The molecular formula is C12H13ClN2O. The van der Waals surface area contributed by atoms with E-state index in [2.05, 4.69) is 0 Å². The van der Waals surface area contributed by atoms with E-state index in [1.807, 2.05) is 4.90 Å². The largest absolute Gasteiger partial charge is 0.336 e. The molecule has 1 heterocycles. The first-order valence-corrected chi connectivity index (χ1v) is 5.80. The predicted octanol–water partition coefficient (Wildman–Crippen LogP) is 1.51. The number of carbonyl (C=O) groups is 1. The minimum Gasteiger partial charge on any atom is -0.336 e. The zero-order chi connectivity index (χ0) is 11.3. The average molecular weight is 237 g/mol. The maximum absolute atomic E-state index is 12.1. The van der Waals surface area contributed by atoms with Crippen molar-refractivity contribution < 1.29 is 4.79 Å². The predicted molar refractivity (Wildman–Crippen MR) is 62.4 cm³/mol. The van der Waals surface area contributed by atoms with Gasteiger partial charge in [0, 0.05) is 29.2 Å². The Morgan fingerprint density at radius 2 is 2.38 bits per heavy atom. The Bertz CT molecular complexity index is 462. The van der Waals surface area contributed by atoms with Crippen LogP contribution in [0.4, 0.5) is 0 Å². The fourth-order valence-electron chi connectivity index (χ4n) is 2.48. The van der Waals surface area contributed by atoms with Gasteiger partial charge >= 0.3 is 0 Å². The molecule has 0 spiro atoms. The highest BCUT2D eigenvalue weighted by Crippen LogP contribution is 2.47. The second-order valence-corrected chi connectivity index (χ2v) is 5.27. The first-order valence-electron chi connectivity index (χ1n) is 5.42. The van der Waals surface area contributed by atoms with Crippen molar-refractivity contribution in [2.75, 3.05) is 13.1 Å². The highest BCUT2D eigenvalue weighted by atomic mass is 35.5. The third-order valence-electron chi connectivity index (χ3n) is 3.56. The van der Waals surface area contributed by atoms with Crippen LogP contribution in [-0.4, -0.2) is 29.4 Å². The molecule has 2 N–H and O–H groups in total. The average Bonchev–Trinajstić information content (AvgIpc) is 2.76. The zero-order valence-corrected chi connectivity index (χ0v) is 9.57. The molecule has 3 rings (SSSR count). The maximum Gasteiger partial charge on any atom is 0.253 e. The van der Waals surface area contributed by atoms with Crippen molar-refractivity contribution in [3.05, 3.63) is 34.9 Å². The number of fused-ring (bicyclic) bond motifs is 1. The number of likely N-dealkylation sites (tertiary alicyclic amines) is 1. The van der Waals surface area contributed by atoms with Gasteiger partial charge in [-0.3, -0.25) is 4.79 Å². The first-order chi connectivity index (χ1) is 7.58. The normalized spacial score (nSPS) is 31.4. The van der Waals surface area contributed by atoms with Gasteiger partial charge in [0.25, 0.3) is 5.91 Å². The molecule has 2 fully saturated rings. The maximum atomic E-state index is 12.1. The van der Waals surface area contributed by atoms with E-state index >= 15 is 0 Å². The number of nitrogens with zero attached hydrogens (tertiary/aromatic N) is 1. The van der Waals surface area contributed by atoms with Gasteiger partial charge in [0.2, 0.25) is 0 Å². The molecular weight excluding hydrogens is 224 g/mol. The summed E-state index contributed by atoms with van der Waals surface area (Å²) in [6.07, 6.45) is 1.06. The minimum absolute atomic E-state index is 0.0412. The van der Waals surface area contributed by atoms with Gasteiger partial charge in [-0.05, 0) is 30.5 Å². The second kappa shape index (κ2) is 3.22. The summed E-state index contributed by atoms with van der Waals surface area (Å²) in [6.45, 7) is 1.48. The lowest BCUT2D eigenvalue weighted by Crippen LogP contribution is -2.36. The minimum atomic E-state index is -0.0891. The molecule has 3 nitrogen and oxygen atoms in total. The van der Waals surface area contributed by atoms with Crippen LogP contribution in [-0.2, 0) is 0 Å². The number of nitrogens with two attached hydrogens (primary N) is 1. The fourth-order valence-corrected chi connectivity index (χ4v) is 2.67. The zero-order valence-electron chi connectivity index (χ0n) is 8.82. The van der Waals surface area contributed by atoms with Crippen molar-refractivity contribution in [1.82, 2.24) is 4.90 Å². The number of hydrogen-bond donors (Lipinski definition) is 1. The van der Waals surface area contributed by atoms with Gasteiger partial charge in [0.05, 0.1) is 0 Å². The number of carbonyl (C=O) groups excluding carboxylic acids is 1. The number of benzene rings is 1. The monoisotopic (exact) mass is 236 g/mol. The van der Waals surface area contributed by atoms with E-state index in [0.717, 1.165) is 13.0 Å². The lowest BCUT2D eigenvalue weighted by Gasteiger charge is -2.19. The van der Waals surface area contributed by atoms with Crippen LogP contribution in [0.15, 0.2) is 24.3 Å². The number of halogens is 1. The van der Waals surface area contributed by atoms with Crippen LogP contribution >= 0.6 is 11.6 Å². The van der Waals surface area contributed by atoms with Gasteiger partial charge in [-0.1, -0.05) is 17.7 Å². The highest BCUT2D eigenvalue weighted by molar-refractivity contribution is 6.30. The third kappa shape index (κ3) is 1.51. The van der Waals surface area contributed by atoms with E-state index in [1.165, 1.54) is 0 Å². The summed E-state index contributed by atoms with van der Waals surface area (Å²) >= 11 is 5.86. The first kappa shape index (κ1) is 10.1. The Morgan fingerprint density at radius 1 is 1.56 bits per heavy atom. The van der Waals surface area contributed by atoms with Crippen LogP contribution in [0, 0.1) is 5.92 Å². The third-order valence-corrected chi connectivity index (χ3v) is 3.80. The molecule has 1 saturated heterocycles. The molecule has 2 aliphatic rings. The molecule has 0 radical (unpaired) electrons. The van der Waals surface area contributed by atoms with Crippen molar-refractivity contribution in [3.8, 4) is 0 Å². The Kier molecular flexibility index (Phi) is 2.03. The summed E-state index contributed by atoms with van der Waals surface area (Å²) in [7, 11) is 0. The topological polar surface area (TPSA) is 46.3 Å². The number of rotatable bonds is 1. The molecule has 0 bridgehead atoms. The lowest BCUT2D eigenvalue weighted by molar-refractivity contribution is 0.0772. The molecule has 1 aromatic rings. The standard InChI is InChI=1S/C12H13ClN2O/c13-10-3-1-2-8(4-10)11(16)15-6-9-5-12(9,14)7-15/h1-4,9H,5-7,14H2/t9-,12-/m0/s1. The summed E-state index contributed by atoms with van der Waals surface area (Å²) in [5.74, 6) is 0.551. The van der Waals surface area contributed by atoms with Crippen LogP contribution in [0.2, 0.25) is 5.02 Å². The van der Waals surface area contributed by atoms with Gasteiger partial charge in [-0.25, -0.2) is 0 Å². The van der Waals surface area contributed by atoms with Crippen LogP contribution in [0.5, 0.6) is 0 Å². The van der Waals surface area contributed by atoms with Gasteiger partial charge in [-0.2, -0.15) is 0 Å². The number of amides is 1. The van der Waals surface area contributed by atoms with Gasteiger partial charge in [0.1, 0.15) is 0 Å². The molecule has 1 aromatic carbocycles. The van der Waals surface area contributed by atoms with E-state index < -0.39 is 0 Å². The Hall–Kier alpha value is -1.06.